The van der Waals surface area contributed by atoms with E-state index in [1.54, 1.807) is 48.1 Å². The summed E-state index contributed by atoms with van der Waals surface area (Å²) in [5.74, 6) is 0.496. The highest BCUT2D eigenvalue weighted by Crippen LogP contribution is 2.19. The molecule has 0 spiro atoms. The number of rotatable bonds is 6. The van der Waals surface area contributed by atoms with Gasteiger partial charge in [0.05, 0.1) is 0 Å². The molecule has 0 aliphatic carbocycles. The van der Waals surface area contributed by atoms with Crippen molar-refractivity contribution < 1.29 is 9.53 Å². The first kappa shape index (κ1) is 14.6. The van der Waals surface area contributed by atoms with Gasteiger partial charge >= 0.3 is 0 Å². The van der Waals surface area contributed by atoms with Crippen LogP contribution in [0.4, 0.5) is 0 Å². The SMILES string of the molecule is CCCn1nccc1C(=O)C(C)Oc1cccc(Cl)c1. The Bertz CT molecular complexity index is 595. The first-order valence-electron chi connectivity index (χ1n) is 6.60. The summed E-state index contributed by atoms with van der Waals surface area (Å²) in [6, 6.07) is 8.73. The topological polar surface area (TPSA) is 44.1 Å². The quantitative estimate of drug-likeness (QED) is 0.764. The Labute approximate surface area is 123 Å². The average Bonchev–Trinajstić information content (AvgIpc) is 2.86. The maximum atomic E-state index is 12.4. The largest absolute Gasteiger partial charge is 0.482 e. The van der Waals surface area contributed by atoms with Gasteiger partial charge in [-0.2, -0.15) is 5.10 Å². The minimum atomic E-state index is -0.583. The van der Waals surface area contributed by atoms with Crippen LogP contribution in [-0.2, 0) is 6.54 Å². The number of carbonyl (C=O) groups is 1. The maximum Gasteiger partial charge on any atom is 0.220 e. The lowest BCUT2D eigenvalue weighted by atomic mass is 10.2. The van der Waals surface area contributed by atoms with E-state index in [9.17, 15) is 4.79 Å². The van der Waals surface area contributed by atoms with Crippen LogP contribution in [0.15, 0.2) is 36.5 Å². The van der Waals surface area contributed by atoms with Gasteiger partial charge < -0.3 is 4.74 Å². The van der Waals surface area contributed by atoms with E-state index in [-0.39, 0.29) is 5.78 Å². The molecule has 0 fully saturated rings. The van der Waals surface area contributed by atoms with Crippen molar-refractivity contribution >= 4 is 17.4 Å². The van der Waals surface area contributed by atoms with E-state index in [2.05, 4.69) is 5.10 Å². The minimum absolute atomic E-state index is 0.0871. The zero-order valence-electron chi connectivity index (χ0n) is 11.5. The normalized spacial score (nSPS) is 12.2. The number of halogens is 1. The van der Waals surface area contributed by atoms with Gasteiger partial charge in [0, 0.05) is 17.8 Å². The van der Waals surface area contributed by atoms with Crippen molar-refractivity contribution in [2.75, 3.05) is 0 Å². The molecular weight excluding hydrogens is 276 g/mol. The Morgan fingerprint density at radius 3 is 2.95 bits per heavy atom. The summed E-state index contributed by atoms with van der Waals surface area (Å²) in [7, 11) is 0. The van der Waals surface area contributed by atoms with Gasteiger partial charge in [-0.3, -0.25) is 9.48 Å². The van der Waals surface area contributed by atoms with Crippen LogP contribution in [0.3, 0.4) is 0 Å². The van der Waals surface area contributed by atoms with Gasteiger partial charge in [0.1, 0.15) is 11.4 Å². The van der Waals surface area contributed by atoms with Crippen LogP contribution in [0.5, 0.6) is 5.75 Å². The molecule has 1 aromatic heterocycles. The van der Waals surface area contributed by atoms with Crippen LogP contribution < -0.4 is 4.74 Å². The molecule has 2 rings (SSSR count). The molecule has 0 aliphatic rings. The summed E-state index contributed by atoms with van der Waals surface area (Å²) in [6.07, 6.45) is 1.97. The number of aromatic nitrogens is 2. The summed E-state index contributed by atoms with van der Waals surface area (Å²) >= 11 is 5.89. The molecule has 0 aliphatic heterocycles. The highest BCUT2D eigenvalue weighted by Gasteiger charge is 2.20. The molecule has 1 aromatic carbocycles. The predicted molar refractivity (Wildman–Crippen MR) is 78.4 cm³/mol. The fourth-order valence-electron chi connectivity index (χ4n) is 1.94. The number of Topliss-reactive ketones (excluding diaryl/α,β-unsaturated/α-hetero) is 1. The number of nitrogens with zero attached hydrogens (tertiary/aromatic N) is 2. The predicted octanol–water partition coefficient (Wildman–Crippen LogP) is 3.60. The van der Waals surface area contributed by atoms with Crippen molar-refractivity contribution in [3.8, 4) is 5.75 Å². The lowest BCUT2D eigenvalue weighted by molar-refractivity contribution is 0.0806. The zero-order valence-corrected chi connectivity index (χ0v) is 12.3. The summed E-state index contributed by atoms with van der Waals surface area (Å²) in [5, 5.41) is 4.73. The molecule has 20 heavy (non-hydrogen) atoms. The molecule has 0 bridgehead atoms. The van der Waals surface area contributed by atoms with Crippen molar-refractivity contribution in [1.82, 2.24) is 9.78 Å². The van der Waals surface area contributed by atoms with Crippen molar-refractivity contribution in [1.29, 1.82) is 0 Å². The van der Waals surface area contributed by atoms with Gasteiger partial charge in [0.15, 0.2) is 6.10 Å². The first-order valence-corrected chi connectivity index (χ1v) is 6.98. The van der Waals surface area contributed by atoms with E-state index < -0.39 is 6.10 Å². The maximum absolute atomic E-state index is 12.4. The molecule has 0 amide bonds. The molecule has 0 saturated carbocycles. The van der Waals surface area contributed by atoms with Gasteiger partial charge in [0.25, 0.3) is 0 Å². The smallest absolute Gasteiger partial charge is 0.220 e. The van der Waals surface area contributed by atoms with E-state index in [4.69, 9.17) is 16.3 Å². The molecule has 1 heterocycles. The lowest BCUT2D eigenvalue weighted by Crippen LogP contribution is -2.26. The Morgan fingerprint density at radius 1 is 1.45 bits per heavy atom. The molecule has 106 valence electrons. The van der Waals surface area contributed by atoms with Crippen LogP contribution in [0.2, 0.25) is 5.02 Å². The van der Waals surface area contributed by atoms with Crippen LogP contribution in [-0.4, -0.2) is 21.7 Å². The van der Waals surface area contributed by atoms with E-state index >= 15 is 0 Å². The molecular formula is C15H17ClN2O2. The Balaban J connectivity index is 2.10. The Kier molecular flexibility index (Phi) is 4.79. The summed E-state index contributed by atoms with van der Waals surface area (Å²) in [4.78, 5) is 12.4. The first-order chi connectivity index (χ1) is 9.61. The van der Waals surface area contributed by atoms with Crippen molar-refractivity contribution in [2.45, 2.75) is 32.9 Å². The summed E-state index contributed by atoms with van der Waals surface area (Å²) < 4.78 is 7.35. The van der Waals surface area contributed by atoms with Crippen LogP contribution in [0.25, 0.3) is 0 Å². The van der Waals surface area contributed by atoms with E-state index in [1.165, 1.54) is 0 Å². The van der Waals surface area contributed by atoms with Crippen molar-refractivity contribution in [2.24, 2.45) is 0 Å². The molecule has 1 unspecified atom stereocenters. The fraction of sp³-hybridized carbons (Fsp3) is 0.333. The highest BCUT2D eigenvalue weighted by molar-refractivity contribution is 6.30. The van der Waals surface area contributed by atoms with E-state index in [0.29, 0.717) is 16.5 Å². The number of benzene rings is 1. The third-order valence-corrected chi connectivity index (χ3v) is 3.12. The minimum Gasteiger partial charge on any atom is -0.482 e. The number of aryl methyl sites for hydroxylation is 1. The van der Waals surface area contributed by atoms with E-state index in [1.807, 2.05) is 6.92 Å². The number of ketones is 1. The number of hydrogen-bond donors (Lipinski definition) is 0. The van der Waals surface area contributed by atoms with E-state index in [0.717, 1.165) is 13.0 Å². The number of hydrogen-bond acceptors (Lipinski definition) is 3. The van der Waals surface area contributed by atoms with Crippen LogP contribution in [0.1, 0.15) is 30.8 Å². The molecule has 0 saturated heterocycles. The molecule has 4 nitrogen and oxygen atoms in total. The Morgan fingerprint density at radius 2 is 2.25 bits per heavy atom. The van der Waals surface area contributed by atoms with Crippen LogP contribution in [0, 0.1) is 0 Å². The number of carbonyl (C=O) groups excluding carboxylic acids is 1. The molecule has 1 atom stereocenters. The fourth-order valence-corrected chi connectivity index (χ4v) is 2.12. The standard InChI is InChI=1S/C15H17ClN2O2/c1-3-9-18-14(7-8-17-18)15(19)11(2)20-13-6-4-5-12(16)10-13/h4-8,10-11H,3,9H2,1-2H3. The second-order valence-corrected chi connectivity index (χ2v) is 4.96. The third-order valence-electron chi connectivity index (χ3n) is 2.88. The molecule has 0 N–H and O–H groups in total. The zero-order chi connectivity index (χ0) is 14.5. The lowest BCUT2D eigenvalue weighted by Gasteiger charge is -2.14. The van der Waals surface area contributed by atoms with Gasteiger partial charge in [-0.1, -0.05) is 24.6 Å². The Hall–Kier alpha value is -1.81. The van der Waals surface area contributed by atoms with Crippen LogP contribution >= 0.6 is 11.6 Å². The number of ether oxygens (including phenoxy) is 1. The monoisotopic (exact) mass is 292 g/mol. The average molecular weight is 293 g/mol. The second-order valence-electron chi connectivity index (χ2n) is 4.52. The van der Waals surface area contributed by atoms with Gasteiger partial charge in [0.2, 0.25) is 5.78 Å². The van der Waals surface area contributed by atoms with Crippen molar-refractivity contribution in [3.63, 3.8) is 0 Å². The van der Waals surface area contributed by atoms with Gasteiger partial charge in [-0.25, -0.2) is 0 Å². The summed E-state index contributed by atoms with van der Waals surface area (Å²) in [5.41, 5.74) is 0.571. The molecule has 2 aromatic rings. The van der Waals surface area contributed by atoms with Crippen molar-refractivity contribution in [3.05, 3.63) is 47.2 Å². The molecule has 0 radical (unpaired) electrons. The summed E-state index contributed by atoms with van der Waals surface area (Å²) in [6.45, 7) is 4.49. The molecule has 5 heteroatoms. The second kappa shape index (κ2) is 6.57. The van der Waals surface area contributed by atoms with Gasteiger partial charge in [-0.05, 0) is 37.6 Å². The van der Waals surface area contributed by atoms with Gasteiger partial charge in [-0.15, -0.1) is 0 Å². The highest BCUT2D eigenvalue weighted by atomic mass is 35.5. The third kappa shape index (κ3) is 3.39.